The quantitative estimate of drug-likeness (QED) is 0.515. The number of hydrogen-bond acceptors (Lipinski definition) is 6. The van der Waals surface area contributed by atoms with Gasteiger partial charge in [0.1, 0.15) is 18.0 Å². The summed E-state index contributed by atoms with van der Waals surface area (Å²) in [7, 11) is 1.46. The number of rotatable bonds is 7. The third-order valence-electron chi connectivity index (χ3n) is 6.45. The molecule has 0 aliphatic carbocycles. The smallest absolute Gasteiger partial charge is 0.266 e. The Morgan fingerprint density at radius 2 is 1.94 bits per heavy atom. The number of anilines is 1. The van der Waals surface area contributed by atoms with Gasteiger partial charge in [-0.1, -0.05) is 18.2 Å². The van der Waals surface area contributed by atoms with E-state index >= 15 is 0 Å². The number of amides is 1. The minimum absolute atomic E-state index is 0.00759. The number of aromatic nitrogens is 2. The standard InChI is InChI=1S/C25H27F3N4O3/c1-15(16-4-3-5-17(23(16)26)24(27)28)31-19-6-9-29-20-13-30-21(12-18(19)20)25(34)7-10-32(11-8-25)22(33)14-35-2/h3-6,9,12-13,15,24,34H,7-8,10-11,14H2,1-2H3,(H,29,31)/t15-/m1/s1. The van der Waals surface area contributed by atoms with Gasteiger partial charge in [0.05, 0.1) is 29.0 Å². The minimum atomic E-state index is -2.91. The number of ether oxygens (including phenoxy) is 1. The molecule has 1 aliphatic heterocycles. The molecule has 3 aromatic rings. The maximum absolute atomic E-state index is 14.7. The SMILES string of the molecule is COCC(=O)N1CCC(O)(c2cc3c(N[C@H](C)c4cccc(C(F)F)c4F)ccnc3cn2)CC1. The average molecular weight is 489 g/mol. The van der Waals surface area contributed by atoms with Crippen molar-refractivity contribution >= 4 is 22.5 Å². The second-order valence-corrected chi connectivity index (χ2v) is 8.71. The molecule has 1 fully saturated rings. The van der Waals surface area contributed by atoms with Crippen LogP contribution < -0.4 is 5.32 Å². The molecule has 0 spiro atoms. The van der Waals surface area contributed by atoms with Gasteiger partial charge in [-0.3, -0.25) is 14.8 Å². The number of halogens is 3. The molecule has 1 aromatic carbocycles. The van der Waals surface area contributed by atoms with E-state index in [1.165, 1.54) is 19.2 Å². The lowest BCUT2D eigenvalue weighted by atomic mass is 9.87. The van der Waals surface area contributed by atoms with Crippen molar-refractivity contribution in [3.05, 3.63) is 65.4 Å². The van der Waals surface area contributed by atoms with Crippen LogP contribution in [0.5, 0.6) is 0 Å². The Kier molecular flexibility index (Phi) is 7.23. The van der Waals surface area contributed by atoms with Crippen molar-refractivity contribution in [2.75, 3.05) is 32.1 Å². The summed E-state index contributed by atoms with van der Waals surface area (Å²) >= 11 is 0. The summed E-state index contributed by atoms with van der Waals surface area (Å²) in [5.41, 5.74) is -0.144. The van der Waals surface area contributed by atoms with Gasteiger partial charge >= 0.3 is 0 Å². The van der Waals surface area contributed by atoms with Crippen LogP contribution in [0.1, 0.15) is 49.1 Å². The highest BCUT2D eigenvalue weighted by Gasteiger charge is 2.37. The van der Waals surface area contributed by atoms with E-state index in [1.807, 2.05) is 0 Å². The minimum Gasteiger partial charge on any atom is -0.383 e. The molecule has 7 nitrogen and oxygen atoms in total. The fourth-order valence-electron chi connectivity index (χ4n) is 4.41. The second kappa shape index (κ2) is 10.2. The number of fused-ring (bicyclic) bond motifs is 1. The molecule has 0 unspecified atom stereocenters. The number of aliphatic hydroxyl groups is 1. The number of likely N-dealkylation sites (tertiary alicyclic amines) is 1. The van der Waals surface area contributed by atoms with E-state index in [0.717, 1.165) is 6.07 Å². The highest BCUT2D eigenvalue weighted by Crippen LogP contribution is 2.35. The van der Waals surface area contributed by atoms with E-state index in [9.17, 15) is 23.1 Å². The first kappa shape index (κ1) is 24.9. The molecule has 0 radical (unpaired) electrons. The van der Waals surface area contributed by atoms with Gasteiger partial charge < -0.3 is 20.1 Å². The number of carbonyl (C=O) groups excluding carboxylic acids is 1. The van der Waals surface area contributed by atoms with Crippen molar-refractivity contribution < 1.29 is 27.8 Å². The van der Waals surface area contributed by atoms with Gasteiger partial charge in [0.25, 0.3) is 6.43 Å². The predicted octanol–water partition coefficient (Wildman–Crippen LogP) is 4.34. The summed E-state index contributed by atoms with van der Waals surface area (Å²) in [5, 5.41) is 15.1. The molecule has 186 valence electrons. The number of benzene rings is 1. The molecule has 10 heteroatoms. The van der Waals surface area contributed by atoms with E-state index in [1.54, 1.807) is 36.4 Å². The Morgan fingerprint density at radius 1 is 1.23 bits per heavy atom. The Hall–Kier alpha value is -3.24. The third-order valence-corrected chi connectivity index (χ3v) is 6.45. The van der Waals surface area contributed by atoms with Crippen LogP contribution in [0.25, 0.3) is 10.9 Å². The Balaban J connectivity index is 1.60. The van der Waals surface area contributed by atoms with Gasteiger partial charge in [0.15, 0.2) is 0 Å². The maximum Gasteiger partial charge on any atom is 0.266 e. The van der Waals surface area contributed by atoms with Crippen LogP contribution in [0.4, 0.5) is 18.9 Å². The van der Waals surface area contributed by atoms with E-state index in [-0.39, 0.29) is 18.1 Å². The molecule has 1 aliphatic rings. The number of nitrogens with one attached hydrogen (secondary N) is 1. The summed E-state index contributed by atoms with van der Waals surface area (Å²) in [6.45, 7) is 2.41. The van der Waals surface area contributed by atoms with Crippen LogP contribution >= 0.6 is 0 Å². The van der Waals surface area contributed by atoms with E-state index in [2.05, 4.69) is 15.3 Å². The van der Waals surface area contributed by atoms with Crippen molar-refractivity contribution in [2.45, 2.75) is 37.8 Å². The second-order valence-electron chi connectivity index (χ2n) is 8.71. The summed E-state index contributed by atoms with van der Waals surface area (Å²) in [4.78, 5) is 22.5. The fourth-order valence-corrected chi connectivity index (χ4v) is 4.41. The van der Waals surface area contributed by atoms with Crippen molar-refractivity contribution in [1.82, 2.24) is 14.9 Å². The first-order chi connectivity index (χ1) is 16.7. The van der Waals surface area contributed by atoms with Crippen LogP contribution in [0.3, 0.4) is 0 Å². The topological polar surface area (TPSA) is 87.6 Å². The lowest BCUT2D eigenvalue weighted by Crippen LogP contribution is -2.46. The first-order valence-corrected chi connectivity index (χ1v) is 11.3. The summed E-state index contributed by atoms with van der Waals surface area (Å²) in [5.74, 6) is -1.07. The fraction of sp³-hybridized carbons (Fsp3) is 0.400. The molecule has 1 amide bonds. The van der Waals surface area contributed by atoms with Crippen molar-refractivity contribution in [3.8, 4) is 0 Å². The van der Waals surface area contributed by atoms with E-state index < -0.39 is 29.4 Å². The summed E-state index contributed by atoms with van der Waals surface area (Å²) < 4.78 is 45.9. The zero-order valence-corrected chi connectivity index (χ0v) is 19.5. The van der Waals surface area contributed by atoms with Crippen LogP contribution in [-0.2, 0) is 15.1 Å². The molecule has 1 atom stereocenters. The third kappa shape index (κ3) is 5.08. The van der Waals surface area contributed by atoms with Crippen molar-refractivity contribution in [2.24, 2.45) is 0 Å². The maximum atomic E-state index is 14.7. The number of alkyl halides is 2. The molecule has 35 heavy (non-hydrogen) atoms. The Bertz CT molecular complexity index is 1220. The van der Waals surface area contributed by atoms with Gasteiger partial charge in [-0.05, 0) is 31.9 Å². The average Bonchev–Trinajstić information content (AvgIpc) is 2.84. The van der Waals surface area contributed by atoms with Crippen molar-refractivity contribution in [3.63, 3.8) is 0 Å². The van der Waals surface area contributed by atoms with E-state index in [4.69, 9.17) is 4.74 Å². The number of hydrogen-bond donors (Lipinski definition) is 2. The summed E-state index contributed by atoms with van der Waals surface area (Å²) in [6.07, 6.45) is 0.838. The Morgan fingerprint density at radius 3 is 2.63 bits per heavy atom. The van der Waals surface area contributed by atoms with Crippen LogP contribution in [0.2, 0.25) is 0 Å². The van der Waals surface area contributed by atoms with Crippen LogP contribution in [0, 0.1) is 5.82 Å². The van der Waals surface area contributed by atoms with Crippen LogP contribution in [0.15, 0.2) is 42.7 Å². The molecule has 2 aromatic heterocycles. The first-order valence-electron chi connectivity index (χ1n) is 11.3. The molecular weight excluding hydrogens is 461 g/mol. The monoisotopic (exact) mass is 488 g/mol. The lowest BCUT2D eigenvalue weighted by molar-refractivity contribution is -0.139. The van der Waals surface area contributed by atoms with E-state index in [0.29, 0.717) is 48.2 Å². The molecule has 3 heterocycles. The molecule has 0 bridgehead atoms. The zero-order chi connectivity index (χ0) is 25.2. The molecule has 2 N–H and O–H groups in total. The molecule has 1 saturated heterocycles. The number of methoxy groups -OCH3 is 1. The highest BCUT2D eigenvalue weighted by atomic mass is 19.3. The molecule has 0 saturated carbocycles. The summed E-state index contributed by atoms with van der Waals surface area (Å²) in [6, 6.07) is 6.77. The molecular formula is C25H27F3N4O3. The number of pyridine rings is 2. The number of nitrogens with zero attached hydrogens (tertiary/aromatic N) is 3. The number of carbonyl (C=O) groups is 1. The van der Waals surface area contributed by atoms with Gasteiger partial charge in [-0.2, -0.15) is 0 Å². The predicted molar refractivity (Wildman–Crippen MR) is 125 cm³/mol. The lowest BCUT2D eigenvalue weighted by Gasteiger charge is -2.37. The van der Waals surface area contributed by atoms with Gasteiger partial charge in [0, 0.05) is 43.0 Å². The Labute approximate surface area is 200 Å². The largest absolute Gasteiger partial charge is 0.383 e. The normalized spacial score (nSPS) is 16.5. The van der Waals surface area contributed by atoms with Gasteiger partial charge in [-0.15, -0.1) is 0 Å². The van der Waals surface area contributed by atoms with Gasteiger partial charge in [-0.25, -0.2) is 13.2 Å². The number of piperidine rings is 1. The zero-order valence-electron chi connectivity index (χ0n) is 19.5. The van der Waals surface area contributed by atoms with Crippen molar-refractivity contribution in [1.29, 1.82) is 0 Å². The molecule has 4 rings (SSSR count). The van der Waals surface area contributed by atoms with Gasteiger partial charge in [0.2, 0.25) is 5.91 Å². The van der Waals surface area contributed by atoms with Crippen LogP contribution in [-0.4, -0.2) is 52.7 Å². The highest BCUT2D eigenvalue weighted by molar-refractivity contribution is 5.91.